The van der Waals surface area contributed by atoms with Crippen molar-refractivity contribution < 1.29 is 0 Å². The average molecular weight is 241 g/mol. The monoisotopic (exact) mass is 241 g/mol. The van der Waals surface area contributed by atoms with Gasteiger partial charge in [-0.25, -0.2) is 0 Å². The Bertz CT molecular complexity index is 468. The van der Waals surface area contributed by atoms with Crippen molar-refractivity contribution in [2.45, 2.75) is 26.3 Å². The highest BCUT2D eigenvalue weighted by Crippen LogP contribution is 2.09. The fourth-order valence-corrected chi connectivity index (χ4v) is 1.88. The van der Waals surface area contributed by atoms with Gasteiger partial charge in [-0.2, -0.15) is 0 Å². The molecule has 0 bridgehead atoms. The summed E-state index contributed by atoms with van der Waals surface area (Å²) in [7, 11) is 0. The zero-order valence-electron chi connectivity index (χ0n) is 10.8. The molecular weight excluding hydrogens is 222 g/mol. The molecule has 2 aromatic rings. The van der Waals surface area contributed by atoms with E-state index in [1.165, 1.54) is 16.7 Å². The van der Waals surface area contributed by atoms with Gasteiger partial charge in [0.25, 0.3) is 0 Å². The summed E-state index contributed by atoms with van der Waals surface area (Å²) < 4.78 is 0. The molecule has 0 saturated heterocycles. The molecule has 2 rings (SSSR count). The van der Waals surface area contributed by atoms with Crippen molar-refractivity contribution in [1.29, 1.82) is 0 Å². The lowest BCUT2D eigenvalue weighted by Crippen LogP contribution is -2.14. The van der Waals surface area contributed by atoms with E-state index in [0.29, 0.717) is 0 Å². The Balaban J connectivity index is 1.99. The minimum atomic E-state index is 0.894. The number of nitrogens with one attached hydrogen (secondary N) is 1. The van der Waals surface area contributed by atoms with Gasteiger partial charge in [0.05, 0.1) is 0 Å². The molecule has 0 aliphatic heterocycles. The second-order valence-electron chi connectivity index (χ2n) is 4.41. The molecule has 0 aliphatic rings. The third kappa shape index (κ3) is 3.93. The van der Waals surface area contributed by atoms with Gasteiger partial charge >= 0.3 is 0 Å². The summed E-state index contributed by atoms with van der Waals surface area (Å²) in [5, 5.41) is 3.39. The summed E-state index contributed by atoms with van der Waals surface area (Å²) in [4.78, 5) is 8.33. The second-order valence-corrected chi connectivity index (χ2v) is 4.41. The largest absolute Gasteiger partial charge is 0.313 e. The number of hydrogen-bond donors (Lipinski definition) is 1. The normalized spacial score (nSPS) is 10.5. The average Bonchev–Trinajstić information content (AvgIpc) is 2.41. The Kier molecular flexibility index (Phi) is 4.85. The van der Waals surface area contributed by atoms with Crippen LogP contribution < -0.4 is 5.32 Å². The van der Waals surface area contributed by atoms with Crippen LogP contribution in [0.1, 0.15) is 30.0 Å². The fraction of sp³-hybridized carbons (Fsp3) is 0.333. The van der Waals surface area contributed by atoms with Crippen LogP contribution in [0.5, 0.6) is 0 Å². The maximum Gasteiger partial charge on any atom is 0.0313 e. The molecule has 0 aliphatic carbocycles. The van der Waals surface area contributed by atoms with E-state index in [-0.39, 0.29) is 0 Å². The van der Waals surface area contributed by atoms with E-state index in [9.17, 15) is 0 Å². The van der Waals surface area contributed by atoms with Gasteiger partial charge in [0.2, 0.25) is 0 Å². The van der Waals surface area contributed by atoms with Gasteiger partial charge in [-0.15, -0.1) is 0 Å². The van der Waals surface area contributed by atoms with Crippen molar-refractivity contribution >= 4 is 0 Å². The molecule has 0 radical (unpaired) electrons. The van der Waals surface area contributed by atoms with Crippen molar-refractivity contribution in [2.75, 3.05) is 6.54 Å². The molecular formula is C15H19N3. The van der Waals surface area contributed by atoms with Gasteiger partial charge < -0.3 is 5.32 Å². The highest BCUT2D eigenvalue weighted by atomic mass is 14.8. The molecule has 0 saturated carbocycles. The summed E-state index contributed by atoms with van der Waals surface area (Å²) in [6.07, 6.45) is 9.59. The molecule has 0 unspecified atom stereocenters. The van der Waals surface area contributed by atoms with E-state index < -0.39 is 0 Å². The summed E-state index contributed by atoms with van der Waals surface area (Å²) in [5.41, 5.74) is 3.76. The summed E-state index contributed by atoms with van der Waals surface area (Å²) >= 11 is 0. The Morgan fingerprint density at radius 3 is 2.56 bits per heavy atom. The van der Waals surface area contributed by atoms with E-state index in [1.54, 1.807) is 0 Å². The van der Waals surface area contributed by atoms with E-state index >= 15 is 0 Å². The summed E-state index contributed by atoms with van der Waals surface area (Å²) in [6.45, 7) is 4.12. The molecule has 2 aromatic heterocycles. The standard InChI is InChI=1S/C15H19N3/c1-2-5-17-11-15-9-14(10-18-12-15)8-13-3-6-16-7-4-13/h3-4,6-7,9-10,12,17H,2,5,8,11H2,1H3. The third-order valence-electron chi connectivity index (χ3n) is 2.77. The Hall–Kier alpha value is -1.74. The lowest BCUT2D eigenvalue weighted by atomic mass is 10.1. The van der Waals surface area contributed by atoms with Crippen LogP contribution in [0, 0.1) is 0 Å². The highest BCUT2D eigenvalue weighted by molar-refractivity contribution is 5.25. The zero-order valence-corrected chi connectivity index (χ0v) is 10.8. The molecule has 18 heavy (non-hydrogen) atoms. The van der Waals surface area contributed by atoms with Gasteiger partial charge in [-0.05, 0) is 48.2 Å². The quantitative estimate of drug-likeness (QED) is 0.790. The molecule has 2 heterocycles. The van der Waals surface area contributed by atoms with E-state index in [2.05, 4.69) is 28.3 Å². The molecule has 0 aromatic carbocycles. The fourth-order valence-electron chi connectivity index (χ4n) is 1.88. The van der Waals surface area contributed by atoms with Crippen LogP contribution in [0.25, 0.3) is 0 Å². The first-order valence-electron chi connectivity index (χ1n) is 6.41. The van der Waals surface area contributed by atoms with Gasteiger partial charge in [0, 0.05) is 31.3 Å². The Morgan fingerprint density at radius 1 is 1.00 bits per heavy atom. The SMILES string of the molecule is CCCNCc1cncc(Cc2ccncc2)c1. The van der Waals surface area contributed by atoms with Crippen LogP contribution in [-0.2, 0) is 13.0 Å². The molecule has 0 fully saturated rings. The van der Waals surface area contributed by atoms with Gasteiger partial charge in [0.1, 0.15) is 0 Å². The number of nitrogens with zero attached hydrogens (tertiary/aromatic N) is 2. The smallest absolute Gasteiger partial charge is 0.0313 e. The van der Waals surface area contributed by atoms with Gasteiger partial charge in [0.15, 0.2) is 0 Å². The minimum absolute atomic E-state index is 0.894. The number of rotatable bonds is 6. The van der Waals surface area contributed by atoms with Crippen molar-refractivity contribution in [1.82, 2.24) is 15.3 Å². The van der Waals surface area contributed by atoms with E-state index in [4.69, 9.17) is 0 Å². The maximum atomic E-state index is 4.30. The van der Waals surface area contributed by atoms with Crippen LogP contribution in [0.2, 0.25) is 0 Å². The Labute approximate surface area is 108 Å². The first-order valence-corrected chi connectivity index (χ1v) is 6.41. The lowest BCUT2D eigenvalue weighted by molar-refractivity contribution is 0.673. The summed E-state index contributed by atoms with van der Waals surface area (Å²) in [5.74, 6) is 0. The lowest BCUT2D eigenvalue weighted by Gasteiger charge is -2.06. The molecule has 3 nitrogen and oxygen atoms in total. The van der Waals surface area contributed by atoms with Crippen LogP contribution in [0.15, 0.2) is 43.0 Å². The van der Waals surface area contributed by atoms with Crippen LogP contribution in [0.4, 0.5) is 0 Å². The number of pyridine rings is 2. The number of aromatic nitrogens is 2. The minimum Gasteiger partial charge on any atom is -0.313 e. The van der Waals surface area contributed by atoms with Crippen molar-refractivity contribution in [3.8, 4) is 0 Å². The second kappa shape index (κ2) is 6.87. The third-order valence-corrected chi connectivity index (χ3v) is 2.77. The van der Waals surface area contributed by atoms with Crippen molar-refractivity contribution in [3.05, 3.63) is 59.7 Å². The van der Waals surface area contributed by atoms with Gasteiger partial charge in [-0.3, -0.25) is 9.97 Å². The van der Waals surface area contributed by atoms with Crippen molar-refractivity contribution in [2.24, 2.45) is 0 Å². The predicted octanol–water partition coefficient (Wildman–Crippen LogP) is 2.57. The molecule has 0 spiro atoms. The van der Waals surface area contributed by atoms with Crippen LogP contribution in [0.3, 0.4) is 0 Å². The predicted molar refractivity (Wildman–Crippen MR) is 73.3 cm³/mol. The number of hydrogen-bond acceptors (Lipinski definition) is 3. The maximum absolute atomic E-state index is 4.30. The highest BCUT2D eigenvalue weighted by Gasteiger charge is 1.99. The molecule has 0 amide bonds. The topological polar surface area (TPSA) is 37.8 Å². The molecule has 94 valence electrons. The van der Waals surface area contributed by atoms with Crippen LogP contribution >= 0.6 is 0 Å². The summed E-state index contributed by atoms with van der Waals surface area (Å²) in [6, 6.07) is 6.31. The first kappa shape index (κ1) is 12.7. The Morgan fingerprint density at radius 2 is 1.78 bits per heavy atom. The molecule has 3 heteroatoms. The first-order chi connectivity index (χ1) is 8.88. The van der Waals surface area contributed by atoms with E-state index in [1.807, 2.05) is 36.9 Å². The van der Waals surface area contributed by atoms with E-state index in [0.717, 1.165) is 25.9 Å². The van der Waals surface area contributed by atoms with Gasteiger partial charge in [-0.1, -0.05) is 13.0 Å². The van der Waals surface area contributed by atoms with Crippen molar-refractivity contribution in [3.63, 3.8) is 0 Å². The molecule has 0 atom stereocenters. The zero-order chi connectivity index (χ0) is 12.6. The molecule has 1 N–H and O–H groups in total. The van der Waals surface area contributed by atoms with Crippen LogP contribution in [-0.4, -0.2) is 16.5 Å².